The second-order valence-electron chi connectivity index (χ2n) is 7.35. The number of nitrogens with zero attached hydrogens (tertiary/aromatic N) is 4. The Kier molecular flexibility index (Phi) is 5.69. The molecule has 0 spiro atoms. The van der Waals surface area contributed by atoms with Gasteiger partial charge in [-0.15, -0.1) is 0 Å². The number of methoxy groups -OCH3 is 1. The molecule has 0 fully saturated rings. The van der Waals surface area contributed by atoms with Crippen LogP contribution in [0, 0.1) is 11.3 Å². The molecule has 0 aliphatic carbocycles. The lowest BCUT2D eigenvalue weighted by Gasteiger charge is -2.33. The molecule has 32 heavy (non-hydrogen) atoms. The zero-order valence-electron chi connectivity index (χ0n) is 17.6. The van der Waals surface area contributed by atoms with E-state index in [1.807, 2.05) is 54.6 Å². The van der Waals surface area contributed by atoms with Gasteiger partial charge in [0.25, 0.3) is 0 Å². The minimum atomic E-state index is -0.937. The molecule has 0 radical (unpaired) electrons. The Balaban J connectivity index is 2.06. The predicted octanol–water partition coefficient (Wildman–Crippen LogP) is 3.49. The smallest absolute Gasteiger partial charge is 0.213 e. The van der Waals surface area contributed by atoms with Crippen LogP contribution in [0.4, 0.5) is 11.6 Å². The molecule has 4 aromatic rings. The molecular formula is C25H22N6O. The van der Waals surface area contributed by atoms with Crippen LogP contribution in [-0.4, -0.2) is 22.1 Å². The number of nitriles is 1. The van der Waals surface area contributed by atoms with Crippen LogP contribution in [0.1, 0.15) is 28.2 Å². The summed E-state index contributed by atoms with van der Waals surface area (Å²) in [5.74, 6) is 1.22. The first-order valence-corrected chi connectivity index (χ1v) is 10.0. The number of anilines is 2. The van der Waals surface area contributed by atoms with E-state index in [9.17, 15) is 5.26 Å². The summed E-state index contributed by atoms with van der Waals surface area (Å²) in [5, 5.41) is 9.42. The molecule has 0 aliphatic rings. The zero-order valence-corrected chi connectivity index (χ0v) is 17.6. The summed E-state index contributed by atoms with van der Waals surface area (Å²) >= 11 is 0. The van der Waals surface area contributed by atoms with Crippen LogP contribution in [0.3, 0.4) is 0 Å². The van der Waals surface area contributed by atoms with Crippen LogP contribution in [-0.2, 0) is 11.8 Å². The van der Waals surface area contributed by atoms with Crippen LogP contribution in [0.5, 0.6) is 5.88 Å². The second-order valence-corrected chi connectivity index (χ2v) is 7.35. The monoisotopic (exact) mass is 422 g/mol. The maximum atomic E-state index is 9.42. The molecule has 4 N–H and O–H groups in total. The molecule has 4 rings (SSSR count). The Morgan fingerprint density at radius 3 is 1.94 bits per heavy atom. The summed E-state index contributed by atoms with van der Waals surface area (Å²) in [4.78, 5) is 14.1. The van der Waals surface area contributed by atoms with Crippen molar-refractivity contribution >= 4 is 11.6 Å². The fourth-order valence-corrected chi connectivity index (χ4v) is 3.87. The Hall–Kier alpha value is -4.44. The van der Waals surface area contributed by atoms with Crippen molar-refractivity contribution in [2.45, 2.75) is 11.8 Å². The second kappa shape index (κ2) is 8.74. The van der Waals surface area contributed by atoms with Gasteiger partial charge in [0, 0.05) is 6.07 Å². The van der Waals surface area contributed by atoms with Gasteiger partial charge >= 0.3 is 0 Å². The van der Waals surface area contributed by atoms with Crippen LogP contribution >= 0.6 is 0 Å². The number of aromatic nitrogens is 3. The molecular weight excluding hydrogens is 400 g/mol. The van der Waals surface area contributed by atoms with Crippen LogP contribution < -0.4 is 16.2 Å². The molecule has 0 aliphatic heterocycles. The number of benzene rings is 1. The van der Waals surface area contributed by atoms with Gasteiger partial charge in [-0.3, -0.25) is 0 Å². The fraction of sp³-hybridized carbons (Fsp3) is 0.120. The zero-order chi connectivity index (χ0) is 22.6. The molecule has 7 heteroatoms. The van der Waals surface area contributed by atoms with E-state index in [1.54, 1.807) is 31.4 Å². The Morgan fingerprint density at radius 1 is 0.812 bits per heavy atom. The van der Waals surface area contributed by atoms with E-state index in [2.05, 4.69) is 16.0 Å². The Morgan fingerprint density at radius 2 is 1.38 bits per heavy atom. The van der Waals surface area contributed by atoms with E-state index in [1.165, 1.54) is 0 Å². The SMILES string of the molecule is COc1cccc(C(Cc2cccc(C#N)c2)(c2cccc(N)n2)c2cccc(N)n2)n1. The third-order valence-electron chi connectivity index (χ3n) is 5.31. The predicted molar refractivity (Wildman–Crippen MR) is 123 cm³/mol. The lowest BCUT2D eigenvalue weighted by atomic mass is 9.72. The summed E-state index contributed by atoms with van der Waals surface area (Å²) in [5.41, 5.74) is 14.7. The molecule has 0 saturated heterocycles. The van der Waals surface area contributed by atoms with Gasteiger partial charge < -0.3 is 16.2 Å². The summed E-state index contributed by atoms with van der Waals surface area (Å²) in [7, 11) is 1.57. The van der Waals surface area contributed by atoms with Gasteiger partial charge in [-0.05, 0) is 54.4 Å². The quantitative estimate of drug-likeness (QED) is 0.487. The van der Waals surface area contributed by atoms with Crippen LogP contribution in [0.15, 0.2) is 78.9 Å². The van der Waals surface area contributed by atoms with Crippen molar-refractivity contribution in [1.82, 2.24) is 15.0 Å². The lowest BCUT2D eigenvalue weighted by molar-refractivity contribution is 0.392. The number of ether oxygens (including phenoxy) is 1. The molecule has 0 unspecified atom stereocenters. The molecule has 1 aromatic carbocycles. The highest BCUT2D eigenvalue weighted by Crippen LogP contribution is 2.40. The summed E-state index contributed by atoms with van der Waals surface area (Å²) in [6.45, 7) is 0. The summed E-state index contributed by atoms with van der Waals surface area (Å²) < 4.78 is 5.41. The van der Waals surface area contributed by atoms with E-state index in [4.69, 9.17) is 21.2 Å². The van der Waals surface area contributed by atoms with Crippen LogP contribution in [0.25, 0.3) is 0 Å². The standard InChI is InChI=1S/C25H22N6O/c1-32-24-13-5-10-21(31-24)25(19-8-3-11-22(27)29-19,20-9-4-12-23(28)30-20)15-17-6-2-7-18(14-17)16-26/h2-14H,15H2,1H3,(H2,27,29)(H2,28,30). The molecule has 7 nitrogen and oxygen atoms in total. The summed E-state index contributed by atoms with van der Waals surface area (Å²) in [6, 6.07) is 26.2. The third kappa shape index (κ3) is 3.94. The number of nitrogens with two attached hydrogens (primary N) is 2. The topological polar surface area (TPSA) is 124 Å². The first kappa shape index (κ1) is 20.8. The van der Waals surface area contributed by atoms with Crippen molar-refractivity contribution in [1.29, 1.82) is 5.26 Å². The summed E-state index contributed by atoms with van der Waals surface area (Å²) in [6.07, 6.45) is 0.426. The Bertz CT molecular complexity index is 1250. The van der Waals surface area contributed by atoms with Crippen molar-refractivity contribution in [3.8, 4) is 11.9 Å². The van der Waals surface area contributed by atoms with E-state index in [0.29, 0.717) is 46.6 Å². The van der Waals surface area contributed by atoms with Crippen molar-refractivity contribution in [3.63, 3.8) is 0 Å². The van der Waals surface area contributed by atoms with E-state index in [-0.39, 0.29) is 0 Å². The highest BCUT2D eigenvalue weighted by atomic mass is 16.5. The molecule has 0 saturated carbocycles. The highest BCUT2D eigenvalue weighted by molar-refractivity contribution is 5.50. The number of rotatable bonds is 6. The van der Waals surface area contributed by atoms with Gasteiger partial charge in [0.15, 0.2) is 0 Å². The first-order valence-electron chi connectivity index (χ1n) is 10.0. The van der Waals surface area contributed by atoms with Gasteiger partial charge in [0.2, 0.25) is 5.88 Å². The van der Waals surface area contributed by atoms with Crippen molar-refractivity contribution < 1.29 is 4.74 Å². The van der Waals surface area contributed by atoms with Crippen molar-refractivity contribution in [2.75, 3.05) is 18.6 Å². The van der Waals surface area contributed by atoms with E-state index < -0.39 is 5.41 Å². The molecule has 0 atom stereocenters. The van der Waals surface area contributed by atoms with Crippen LogP contribution in [0.2, 0.25) is 0 Å². The third-order valence-corrected chi connectivity index (χ3v) is 5.31. The first-order chi connectivity index (χ1) is 15.5. The maximum absolute atomic E-state index is 9.42. The molecule has 0 bridgehead atoms. The largest absolute Gasteiger partial charge is 0.481 e. The van der Waals surface area contributed by atoms with Crippen molar-refractivity contribution in [3.05, 3.63) is 107 Å². The fourth-order valence-electron chi connectivity index (χ4n) is 3.87. The number of hydrogen-bond acceptors (Lipinski definition) is 7. The molecule has 3 aromatic heterocycles. The van der Waals surface area contributed by atoms with Gasteiger partial charge in [-0.25, -0.2) is 15.0 Å². The minimum absolute atomic E-state index is 0.379. The van der Waals surface area contributed by atoms with E-state index in [0.717, 1.165) is 5.56 Å². The lowest BCUT2D eigenvalue weighted by Crippen LogP contribution is -2.35. The van der Waals surface area contributed by atoms with Gasteiger partial charge in [0.05, 0.1) is 35.8 Å². The minimum Gasteiger partial charge on any atom is -0.481 e. The van der Waals surface area contributed by atoms with Gasteiger partial charge in [0.1, 0.15) is 17.1 Å². The normalized spacial score (nSPS) is 11.0. The average molecular weight is 422 g/mol. The molecule has 0 amide bonds. The molecule has 3 heterocycles. The number of pyridine rings is 3. The van der Waals surface area contributed by atoms with Crippen molar-refractivity contribution in [2.24, 2.45) is 0 Å². The number of nitrogen functional groups attached to an aromatic ring is 2. The van der Waals surface area contributed by atoms with Gasteiger partial charge in [-0.2, -0.15) is 5.26 Å². The van der Waals surface area contributed by atoms with Gasteiger partial charge in [-0.1, -0.05) is 30.3 Å². The Labute approximate surface area is 186 Å². The average Bonchev–Trinajstić information content (AvgIpc) is 2.82. The highest BCUT2D eigenvalue weighted by Gasteiger charge is 2.41. The molecule has 158 valence electrons. The van der Waals surface area contributed by atoms with E-state index >= 15 is 0 Å². The number of hydrogen-bond donors (Lipinski definition) is 2. The maximum Gasteiger partial charge on any atom is 0.213 e.